The number of rotatable bonds is 6. The van der Waals surface area contributed by atoms with Crippen LogP contribution in [0.3, 0.4) is 0 Å². The lowest BCUT2D eigenvalue weighted by molar-refractivity contribution is -0.151. The van der Waals surface area contributed by atoms with Gasteiger partial charge in [0.1, 0.15) is 12.1 Å². The molecule has 6 heteroatoms. The van der Waals surface area contributed by atoms with Gasteiger partial charge in [0.15, 0.2) is 0 Å². The van der Waals surface area contributed by atoms with E-state index >= 15 is 0 Å². The molecule has 1 aliphatic heterocycles. The molecule has 6 nitrogen and oxygen atoms in total. The summed E-state index contributed by atoms with van der Waals surface area (Å²) in [7, 11) is 0. The molecule has 110 valence electrons. The van der Waals surface area contributed by atoms with E-state index in [0.717, 1.165) is 6.42 Å². The number of nitrogens with zero attached hydrogens (tertiary/aromatic N) is 1. The van der Waals surface area contributed by atoms with Crippen molar-refractivity contribution in [3.63, 3.8) is 0 Å². The Bertz CT molecular complexity index is 320. The summed E-state index contributed by atoms with van der Waals surface area (Å²) >= 11 is 0. The summed E-state index contributed by atoms with van der Waals surface area (Å²) in [5, 5.41) is 12.1. The molecule has 1 heterocycles. The molecular formula is C13H24N2O4. The van der Waals surface area contributed by atoms with E-state index in [0.29, 0.717) is 19.6 Å². The fourth-order valence-corrected chi connectivity index (χ4v) is 2.30. The largest absolute Gasteiger partial charge is 0.480 e. The van der Waals surface area contributed by atoms with Gasteiger partial charge in [-0.15, -0.1) is 0 Å². The Morgan fingerprint density at radius 1 is 1.47 bits per heavy atom. The topological polar surface area (TPSA) is 78.9 Å². The molecule has 1 saturated heterocycles. The maximum atomic E-state index is 12.1. The van der Waals surface area contributed by atoms with E-state index in [1.165, 1.54) is 0 Å². The number of carboxylic acid groups (broad SMARTS) is 1. The van der Waals surface area contributed by atoms with Crippen molar-refractivity contribution in [3.05, 3.63) is 0 Å². The maximum Gasteiger partial charge on any atom is 0.320 e. The number of carboxylic acids is 1. The highest BCUT2D eigenvalue weighted by atomic mass is 16.5. The third-order valence-corrected chi connectivity index (χ3v) is 3.15. The summed E-state index contributed by atoms with van der Waals surface area (Å²) in [4.78, 5) is 25.2. The average molecular weight is 272 g/mol. The highest BCUT2D eigenvalue weighted by Crippen LogP contribution is 2.16. The summed E-state index contributed by atoms with van der Waals surface area (Å²) in [6.45, 7) is 6.91. The first-order valence-corrected chi connectivity index (χ1v) is 6.84. The van der Waals surface area contributed by atoms with Crippen LogP contribution < -0.4 is 5.32 Å². The molecule has 0 aliphatic carbocycles. The van der Waals surface area contributed by atoms with Gasteiger partial charge in [0.25, 0.3) is 0 Å². The fourth-order valence-electron chi connectivity index (χ4n) is 2.30. The van der Waals surface area contributed by atoms with Crippen LogP contribution in [-0.4, -0.2) is 59.8 Å². The number of carbonyl (C=O) groups excluding carboxylic acids is 1. The quantitative estimate of drug-likeness (QED) is 0.734. The molecule has 0 aromatic rings. The van der Waals surface area contributed by atoms with Gasteiger partial charge in [-0.25, -0.2) is 0 Å². The third-order valence-electron chi connectivity index (χ3n) is 3.15. The van der Waals surface area contributed by atoms with Crippen LogP contribution >= 0.6 is 0 Å². The van der Waals surface area contributed by atoms with Gasteiger partial charge in [0.05, 0.1) is 13.2 Å². The van der Waals surface area contributed by atoms with Gasteiger partial charge >= 0.3 is 5.97 Å². The molecule has 1 rings (SSSR count). The summed E-state index contributed by atoms with van der Waals surface area (Å²) in [6.07, 6.45) is 1.31. The lowest BCUT2D eigenvalue weighted by Crippen LogP contribution is -2.59. The molecule has 2 N–H and O–H groups in total. The van der Waals surface area contributed by atoms with Gasteiger partial charge in [-0.1, -0.05) is 13.3 Å². The lowest BCUT2D eigenvalue weighted by atomic mass is 10.1. The van der Waals surface area contributed by atoms with Crippen molar-refractivity contribution in [2.24, 2.45) is 0 Å². The molecular weight excluding hydrogens is 248 g/mol. The molecule has 0 aromatic heterocycles. The minimum Gasteiger partial charge on any atom is -0.480 e. The zero-order valence-corrected chi connectivity index (χ0v) is 11.9. The Morgan fingerprint density at radius 2 is 2.16 bits per heavy atom. The van der Waals surface area contributed by atoms with E-state index in [2.05, 4.69) is 5.32 Å². The summed E-state index contributed by atoms with van der Waals surface area (Å²) < 4.78 is 5.33. The van der Waals surface area contributed by atoms with Crippen LogP contribution in [-0.2, 0) is 14.3 Å². The van der Waals surface area contributed by atoms with Crippen molar-refractivity contribution < 1.29 is 19.4 Å². The molecule has 0 radical (unpaired) electrons. The number of ether oxygens (including phenoxy) is 1. The van der Waals surface area contributed by atoms with Crippen molar-refractivity contribution in [2.45, 2.75) is 51.7 Å². The van der Waals surface area contributed by atoms with Gasteiger partial charge in [-0.2, -0.15) is 0 Å². The predicted octanol–water partition coefficient (Wildman–Crippen LogP) is 0.465. The average Bonchev–Trinajstić information content (AvgIpc) is 2.34. The monoisotopic (exact) mass is 272 g/mol. The molecule has 0 aromatic carbocycles. The summed E-state index contributed by atoms with van der Waals surface area (Å²) in [6, 6.07) is -1.09. The first-order chi connectivity index (χ1) is 8.97. The Balaban J connectivity index is 2.80. The molecule has 2 unspecified atom stereocenters. The van der Waals surface area contributed by atoms with E-state index in [1.54, 1.807) is 4.90 Å². The predicted molar refractivity (Wildman–Crippen MR) is 70.9 cm³/mol. The zero-order chi connectivity index (χ0) is 14.4. The van der Waals surface area contributed by atoms with Gasteiger partial charge in [-0.05, 0) is 20.3 Å². The summed E-state index contributed by atoms with van der Waals surface area (Å²) in [5.74, 6) is -1.02. The molecule has 0 spiro atoms. The smallest absolute Gasteiger partial charge is 0.320 e. The number of hydrogen-bond donors (Lipinski definition) is 2. The van der Waals surface area contributed by atoms with Crippen molar-refractivity contribution in [3.8, 4) is 0 Å². The minimum absolute atomic E-state index is 0.0331. The van der Waals surface area contributed by atoms with Crippen LogP contribution in [0, 0.1) is 0 Å². The third kappa shape index (κ3) is 4.47. The van der Waals surface area contributed by atoms with Crippen LogP contribution in [0.2, 0.25) is 0 Å². The Hall–Kier alpha value is -1.14. The lowest BCUT2D eigenvalue weighted by Gasteiger charge is -2.38. The van der Waals surface area contributed by atoms with Crippen molar-refractivity contribution in [1.82, 2.24) is 10.2 Å². The molecule has 0 bridgehead atoms. The van der Waals surface area contributed by atoms with Gasteiger partial charge in [-0.3, -0.25) is 14.5 Å². The number of nitrogens with one attached hydrogen (secondary N) is 1. The van der Waals surface area contributed by atoms with Crippen LogP contribution in [0.4, 0.5) is 0 Å². The molecule has 19 heavy (non-hydrogen) atoms. The van der Waals surface area contributed by atoms with Crippen LogP contribution in [0.25, 0.3) is 0 Å². The molecule has 1 amide bonds. The van der Waals surface area contributed by atoms with E-state index in [1.807, 2.05) is 20.8 Å². The normalized spacial score (nSPS) is 22.2. The number of aliphatic carboxylic acids is 1. The van der Waals surface area contributed by atoms with Gasteiger partial charge in [0, 0.05) is 12.6 Å². The molecule has 0 saturated carbocycles. The van der Waals surface area contributed by atoms with Gasteiger partial charge < -0.3 is 15.2 Å². The Kier molecular flexibility index (Phi) is 6.24. The van der Waals surface area contributed by atoms with Crippen molar-refractivity contribution in [2.75, 3.05) is 19.8 Å². The van der Waals surface area contributed by atoms with Gasteiger partial charge in [0.2, 0.25) is 5.91 Å². The fraction of sp³-hybridized carbons (Fsp3) is 0.846. The first-order valence-electron chi connectivity index (χ1n) is 6.84. The second-order valence-corrected chi connectivity index (χ2v) is 5.13. The number of amides is 1. The highest BCUT2D eigenvalue weighted by Gasteiger charge is 2.37. The van der Waals surface area contributed by atoms with Crippen molar-refractivity contribution >= 4 is 11.9 Å². The number of hydrogen-bond acceptors (Lipinski definition) is 4. The van der Waals surface area contributed by atoms with Crippen LogP contribution in [0.15, 0.2) is 0 Å². The van der Waals surface area contributed by atoms with E-state index in [4.69, 9.17) is 4.74 Å². The SMILES string of the molecule is CCCC(C(=O)O)N1CCOCC1C(=O)NC(C)C. The minimum atomic E-state index is -0.869. The number of carbonyl (C=O) groups is 2. The summed E-state index contributed by atoms with van der Waals surface area (Å²) in [5.41, 5.74) is 0. The molecule has 2 atom stereocenters. The second kappa shape index (κ2) is 7.45. The van der Waals surface area contributed by atoms with Crippen molar-refractivity contribution in [1.29, 1.82) is 0 Å². The van der Waals surface area contributed by atoms with Crippen LogP contribution in [0.1, 0.15) is 33.6 Å². The highest BCUT2D eigenvalue weighted by molar-refractivity contribution is 5.83. The number of morpholine rings is 1. The zero-order valence-electron chi connectivity index (χ0n) is 11.9. The maximum absolute atomic E-state index is 12.1. The standard InChI is InChI=1S/C13H24N2O4/c1-4-5-10(13(17)18)15-6-7-19-8-11(15)12(16)14-9(2)3/h9-11H,4-8H2,1-3H3,(H,14,16)(H,17,18). The first kappa shape index (κ1) is 15.9. The van der Waals surface area contributed by atoms with E-state index in [9.17, 15) is 14.7 Å². The second-order valence-electron chi connectivity index (χ2n) is 5.13. The Morgan fingerprint density at radius 3 is 2.68 bits per heavy atom. The Labute approximate surface area is 114 Å². The molecule has 1 aliphatic rings. The van der Waals surface area contributed by atoms with E-state index in [-0.39, 0.29) is 18.6 Å². The van der Waals surface area contributed by atoms with E-state index < -0.39 is 18.1 Å². The van der Waals surface area contributed by atoms with Crippen LogP contribution in [0.5, 0.6) is 0 Å². The molecule has 1 fully saturated rings.